The van der Waals surface area contributed by atoms with Gasteiger partial charge < -0.3 is 15.6 Å². The maximum absolute atomic E-state index is 12.7. The van der Waals surface area contributed by atoms with Crippen LogP contribution in [-0.2, 0) is 6.18 Å². The summed E-state index contributed by atoms with van der Waals surface area (Å²) in [5.74, 6) is 0. The number of fused-ring (bicyclic) bond motifs is 1. The molecule has 0 saturated heterocycles. The number of aromatic amines is 1. The highest BCUT2D eigenvalue weighted by Crippen LogP contribution is 2.33. The van der Waals surface area contributed by atoms with Crippen molar-refractivity contribution in [3.8, 4) is 11.1 Å². The predicted molar refractivity (Wildman–Crippen MR) is 112 cm³/mol. The van der Waals surface area contributed by atoms with Gasteiger partial charge in [-0.1, -0.05) is 0 Å². The summed E-state index contributed by atoms with van der Waals surface area (Å²) in [7, 11) is 0. The molecule has 0 spiro atoms. The van der Waals surface area contributed by atoms with Crippen molar-refractivity contribution in [3.05, 3.63) is 60.7 Å². The number of pyridine rings is 1. The van der Waals surface area contributed by atoms with E-state index in [4.69, 9.17) is 0 Å². The summed E-state index contributed by atoms with van der Waals surface area (Å²) in [5.41, 5.74) is 2.23. The molecule has 0 aliphatic rings. The topological polar surface area (TPSA) is 87.6 Å². The van der Waals surface area contributed by atoms with E-state index >= 15 is 0 Å². The van der Waals surface area contributed by atoms with Gasteiger partial charge in [0, 0.05) is 35.9 Å². The van der Waals surface area contributed by atoms with Crippen molar-refractivity contribution >= 4 is 28.4 Å². The second kappa shape index (κ2) is 7.78. The van der Waals surface area contributed by atoms with E-state index in [-0.39, 0.29) is 11.7 Å². The van der Waals surface area contributed by atoms with Gasteiger partial charge in [-0.25, -0.2) is 9.78 Å². The van der Waals surface area contributed by atoms with E-state index in [9.17, 15) is 18.0 Å². The maximum Gasteiger partial charge on any atom is 0.416 e. The van der Waals surface area contributed by atoms with Gasteiger partial charge in [-0.2, -0.15) is 18.3 Å². The summed E-state index contributed by atoms with van der Waals surface area (Å²) >= 11 is 0. The SMILES string of the molecule is CC(C)n1cc(-c2ccnc3[nH]cc(NC(=O)Nc4ccc(C(F)(F)F)cc4)c23)cn1. The first-order valence-corrected chi connectivity index (χ1v) is 9.48. The highest BCUT2D eigenvalue weighted by Gasteiger charge is 2.30. The second-order valence-electron chi connectivity index (χ2n) is 7.24. The number of nitrogens with zero attached hydrogens (tertiary/aromatic N) is 3. The van der Waals surface area contributed by atoms with E-state index in [2.05, 4.69) is 25.7 Å². The van der Waals surface area contributed by atoms with E-state index in [1.54, 1.807) is 18.6 Å². The average Bonchev–Trinajstić information content (AvgIpc) is 3.35. The van der Waals surface area contributed by atoms with E-state index in [1.807, 2.05) is 30.8 Å². The van der Waals surface area contributed by atoms with Gasteiger partial charge in [-0.05, 0) is 49.7 Å². The molecule has 160 valence electrons. The summed E-state index contributed by atoms with van der Waals surface area (Å²) in [6.45, 7) is 4.04. The van der Waals surface area contributed by atoms with Gasteiger partial charge in [0.25, 0.3) is 0 Å². The van der Waals surface area contributed by atoms with Crippen molar-refractivity contribution in [2.24, 2.45) is 0 Å². The first kappa shape index (κ1) is 20.5. The maximum atomic E-state index is 12.7. The van der Waals surface area contributed by atoms with Gasteiger partial charge in [0.1, 0.15) is 5.65 Å². The Morgan fingerprint density at radius 2 is 1.87 bits per heavy atom. The number of carbonyl (C=O) groups excluding carboxylic acids is 1. The number of rotatable bonds is 4. The molecule has 1 aromatic carbocycles. The molecule has 0 bridgehead atoms. The fourth-order valence-electron chi connectivity index (χ4n) is 3.18. The zero-order chi connectivity index (χ0) is 22.2. The summed E-state index contributed by atoms with van der Waals surface area (Å²) in [6.07, 6.45) is 2.50. The van der Waals surface area contributed by atoms with Crippen molar-refractivity contribution < 1.29 is 18.0 Å². The quantitative estimate of drug-likeness (QED) is 0.391. The Bertz CT molecular complexity index is 1220. The zero-order valence-corrected chi connectivity index (χ0v) is 16.7. The second-order valence-corrected chi connectivity index (χ2v) is 7.24. The zero-order valence-electron chi connectivity index (χ0n) is 16.7. The minimum Gasteiger partial charge on any atom is -0.344 e. The number of nitrogens with one attached hydrogen (secondary N) is 3. The molecule has 0 fully saturated rings. The Balaban J connectivity index is 1.58. The number of carbonyl (C=O) groups is 1. The van der Waals surface area contributed by atoms with Crippen molar-refractivity contribution in [1.29, 1.82) is 0 Å². The van der Waals surface area contributed by atoms with Crippen molar-refractivity contribution in [2.75, 3.05) is 10.6 Å². The molecule has 0 radical (unpaired) electrons. The molecule has 3 aromatic heterocycles. The third-order valence-corrected chi connectivity index (χ3v) is 4.73. The lowest BCUT2D eigenvalue weighted by molar-refractivity contribution is -0.137. The van der Waals surface area contributed by atoms with Crippen LogP contribution < -0.4 is 10.6 Å². The first-order chi connectivity index (χ1) is 14.7. The normalized spacial score (nSPS) is 11.8. The number of amides is 2. The molecule has 0 saturated carbocycles. The summed E-state index contributed by atoms with van der Waals surface area (Å²) in [4.78, 5) is 19.8. The smallest absolute Gasteiger partial charge is 0.344 e. The fourth-order valence-corrected chi connectivity index (χ4v) is 3.18. The van der Waals surface area contributed by atoms with Crippen molar-refractivity contribution in [1.82, 2.24) is 19.7 Å². The molecule has 31 heavy (non-hydrogen) atoms. The molecule has 3 N–H and O–H groups in total. The Kier molecular flexibility index (Phi) is 5.14. The molecular weight excluding hydrogens is 409 g/mol. The molecule has 2 amide bonds. The molecule has 4 aromatic rings. The molecule has 0 unspecified atom stereocenters. The van der Waals surface area contributed by atoms with E-state index in [1.165, 1.54) is 12.1 Å². The van der Waals surface area contributed by atoms with Gasteiger partial charge in [-0.3, -0.25) is 4.68 Å². The van der Waals surface area contributed by atoms with Crippen LogP contribution in [0.25, 0.3) is 22.2 Å². The molecular formula is C21H19F3N6O. The van der Waals surface area contributed by atoms with Crippen LogP contribution in [0.15, 0.2) is 55.1 Å². The number of halogens is 3. The largest absolute Gasteiger partial charge is 0.416 e. The molecule has 3 heterocycles. The number of anilines is 2. The van der Waals surface area contributed by atoms with Crippen LogP contribution in [0.5, 0.6) is 0 Å². The minimum absolute atomic E-state index is 0.199. The Morgan fingerprint density at radius 1 is 1.13 bits per heavy atom. The van der Waals surface area contributed by atoms with Crippen LogP contribution in [0, 0.1) is 0 Å². The number of urea groups is 1. The van der Waals surface area contributed by atoms with E-state index in [0.29, 0.717) is 16.7 Å². The number of benzene rings is 1. The molecule has 4 rings (SSSR count). The summed E-state index contributed by atoms with van der Waals surface area (Å²) in [5, 5.41) is 10.3. The molecule has 7 nitrogen and oxygen atoms in total. The minimum atomic E-state index is -4.43. The lowest BCUT2D eigenvalue weighted by Gasteiger charge is -2.10. The third-order valence-electron chi connectivity index (χ3n) is 4.73. The standard InChI is InChI=1S/C21H19F3N6O/c1-12(2)30-11-13(9-27-30)16-7-8-25-19-18(16)17(10-26-19)29-20(31)28-15-5-3-14(4-6-15)21(22,23)24/h3-12H,1-2H3,(H,25,26)(H2,28,29,31). The average molecular weight is 428 g/mol. The molecule has 0 aliphatic carbocycles. The fraction of sp³-hybridized carbons (Fsp3) is 0.190. The van der Waals surface area contributed by atoms with Gasteiger partial charge in [0.05, 0.1) is 22.8 Å². The number of aromatic nitrogens is 4. The lowest BCUT2D eigenvalue weighted by Crippen LogP contribution is -2.19. The third kappa shape index (κ3) is 4.23. The number of alkyl halides is 3. The predicted octanol–water partition coefficient (Wildman–Crippen LogP) is 5.67. The highest BCUT2D eigenvalue weighted by molar-refractivity contribution is 6.09. The van der Waals surface area contributed by atoms with Crippen molar-refractivity contribution in [3.63, 3.8) is 0 Å². The Labute approximate surface area is 175 Å². The highest BCUT2D eigenvalue weighted by atomic mass is 19.4. The number of hydrogen-bond acceptors (Lipinski definition) is 3. The van der Waals surface area contributed by atoms with Crippen LogP contribution in [0.1, 0.15) is 25.5 Å². The van der Waals surface area contributed by atoms with Crippen LogP contribution in [0.4, 0.5) is 29.3 Å². The van der Waals surface area contributed by atoms with E-state index < -0.39 is 17.8 Å². The van der Waals surface area contributed by atoms with Gasteiger partial charge >= 0.3 is 12.2 Å². The van der Waals surface area contributed by atoms with Gasteiger partial charge in [-0.15, -0.1) is 0 Å². The van der Waals surface area contributed by atoms with E-state index in [0.717, 1.165) is 23.3 Å². The van der Waals surface area contributed by atoms with Crippen LogP contribution in [0.3, 0.4) is 0 Å². The molecule has 10 heteroatoms. The van der Waals surface area contributed by atoms with Gasteiger partial charge in [0.2, 0.25) is 0 Å². The number of hydrogen-bond donors (Lipinski definition) is 3. The summed E-state index contributed by atoms with van der Waals surface area (Å²) < 4.78 is 39.9. The van der Waals surface area contributed by atoms with Crippen LogP contribution in [0.2, 0.25) is 0 Å². The molecule has 0 aliphatic heterocycles. The Morgan fingerprint density at radius 3 is 2.52 bits per heavy atom. The van der Waals surface area contributed by atoms with Crippen molar-refractivity contribution in [2.45, 2.75) is 26.1 Å². The Hall–Kier alpha value is -3.82. The summed E-state index contributed by atoms with van der Waals surface area (Å²) in [6, 6.07) is 5.66. The number of H-pyrrole nitrogens is 1. The first-order valence-electron chi connectivity index (χ1n) is 9.48. The molecule has 0 atom stereocenters. The van der Waals surface area contributed by atoms with Crippen LogP contribution in [-0.4, -0.2) is 25.8 Å². The monoisotopic (exact) mass is 428 g/mol. The van der Waals surface area contributed by atoms with Gasteiger partial charge in [0.15, 0.2) is 0 Å². The lowest BCUT2D eigenvalue weighted by atomic mass is 10.1. The van der Waals surface area contributed by atoms with Crippen LogP contribution >= 0.6 is 0 Å².